The third-order valence-corrected chi connectivity index (χ3v) is 7.54. The molecule has 0 saturated carbocycles. The molecular weight excluding hydrogens is 498 g/mol. The summed E-state index contributed by atoms with van der Waals surface area (Å²) in [5, 5.41) is 6.60. The predicted molar refractivity (Wildman–Crippen MR) is 175 cm³/mol. The van der Waals surface area contributed by atoms with Crippen LogP contribution in [0.1, 0.15) is 5.56 Å². The molecule has 0 atom stereocenters. The molecule has 6 rings (SSSR count). The zero-order valence-corrected chi connectivity index (χ0v) is 23.6. The third kappa shape index (κ3) is 5.61. The molecule has 1 heterocycles. The average molecular weight is 532 g/mol. The van der Waals surface area contributed by atoms with E-state index in [0.717, 1.165) is 56.1 Å². The highest BCUT2D eigenvalue weighted by Gasteiger charge is 2.12. The van der Waals surface area contributed by atoms with E-state index < -0.39 is 0 Å². The summed E-state index contributed by atoms with van der Waals surface area (Å²) in [5.41, 5.74) is 14.5. The van der Waals surface area contributed by atoms with Crippen molar-refractivity contribution in [3.05, 3.63) is 139 Å². The van der Waals surface area contributed by atoms with Gasteiger partial charge < -0.3 is 10.6 Å². The van der Waals surface area contributed by atoms with Crippen LogP contribution in [0.3, 0.4) is 0 Å². The van der Waals surface area contributed by atoms with E-state index in [1.807, 2.05) is 20.2 Å². The number of pyridine rings is 1. The van der Waals surface area contributed by atoms with Gasteiger partial charge in [0.05, 0.1) is 11.4 Å². The summed E-state index contributed by atoms with van der Waals surface area (Å²) in [6, 6.07) is 47.3. The second-order valence-corrected chi connectivity index (χ2v) is 10.3. The van der Waals surface area contributed by atoms with Gasteiger partial charge in [-0.15, -0.1) is 0 Å². The summed E-state index contributed by atoms with van der Waals surface area (Å²) < 4.78 is 0. The lowest BCUT2D eigenvalue weighted by atomic mass is 9.96. The van der Waals surface area contributed by atoms with Crippen LogP contribution in [0.15, 0.2) is 133 Å². The number of hydrogen-bond acceptors (Lipinski definition) is 3. The summed E-state index contributed by atoms with van der Waals surface area (Å²) in [4.78, 5) is 5.16. The van der Waals surface area contributed by atoms with Gasteiger partial charge in [-0.3, -0.25) is 0 Å². The molecule has 0 aliphatic heterocycles. The quantitative estimate of drug-likeness (QED) is 0.215. The van der Waals surface area contributed by atoms with E-state index >= 15 is 0 Å². The molecule has 6 aromatic rings. The summed E-state index contributed by atoms with van der Waals surface area (Å²) >= 11 is 0. The Kier molecular flexibility index (Phi) is 7.34. The van der Waals surface area contributed by atoms with Crippen LogP contribution in [0.25, 0.3) is 55.9 Å². The Bertz CT molecular complexity index is 1790. The van der Waals surface area contributed by atoms with Crippen LogP contribution in [-0.4, -0.2) is 19.1 Å². The number of benzene rings is 5. The Morgan fingerprint density at radius 1 is 0.439 bits per heavy atom. The molecule has 0 spiro atoms. The Labute approximate surface area is 242 Å². The van der Waals surface area contributed by atoms with Gasteiger partial charge in [0.1, 0.15) is 0 Å². The van der Waals surface area contributed by atoms with Gasteiger partial charge in [-0.05, 0) is 71.1 Å². The zero-order valence-electron chi connectivity index (χ0n) is 23.6. The number of aryl methyl sites for hydroxylation is 1. The molecule has 41 heavy (non-hydrogen) atoms. The van der Waals surface area contributed by atoms with Crippen LogP contribution in [0, 0.1) is 6.92 Å². The lowest BCUT2D eigenvalue weighted by Crippen LogP contribution is -1.95. The predicted octanol–water partition coefficient (Wildman–Crippen LogP) is 9.81. The first-order chi connectivity index (χ1) is 20.1. The third-order valence-electron chi connectivity index (χ3n) is 7.54. The van der Waals surface area contributed by atoms with Crippen molar-refractivity contribution in [2.45, 2.75) is 6.92 Å². The zero-order chi connectivity index (χ0) is 28.2. The van der Waals surface area contributed by atoms with E-state index in [-0.39, 0.29) is 0 Å². The van der Waals surface area contributed by atoms with Crippen LogP contribution in [0.2, 0.25) is 0 Å². The average Bonchev–Trinajstić information content (AvgIpc) is 3.05. The molecule has 0 aliphatic rings. The minimum atomic E-state index is 0.946. The van der Waals surface area contributed by atoms with Crippen molar-refractivity contribution in [3.63, 3.8) is 0 Å². The van der Waals surface area contributed by atoms with E-state index in [1.54, 1.807) is 0 Å². The van der Waals surface area contributed by atoms with Crippen LogP contribution in [-0.2, 0) is 0 Å². The van der Waals surface area contributed by atoms with E-state index in [4.69, 9.17) is 4.98 Å². The molecule has 3 heteroatoms. The molecule has 0 fully saturated rings. The molecule has 1 aromatic heterocycles. The molecule has 0 radical (unpaired) electrons. The largest absolute Gasteiger partial charge is 0.388 e. The molecule has 0 amide bonds. The molecule has 0 aliphatic carbocycles. The maximum atomic E-state index is 5.16. The SMILES string of the molecule is CNc1ccc(NC)c(-c2cccc(-c3cc(-c4ccc(-c5ccc(C)cc5)cc4)cc(-c4ccccc4)n3)c2)c1. The van der Waals surface area contributed by atoms with Gasteiger partial charge in [0.15, 0.2) is 0 Å². The summed E-state index contributed by atoms with van der Waals surface area (Å²) in [5.74, 6) is 0. The van der Waals surface area contributed by atoms with Gasteiger partial charge in [0.25, 0.3) is 0 Å². The molecule has 0 bridgehead atoms. The molecule has 0 unspecified atom stereocenters. The van der Waals surface area contributed by atoms with Crippen LogP contribution >= 0.6 is 0 Å². The van der Waals surface area contributed by atoms with Crippen LogP contribution in [0.5, 0.6) is 0 Å². The Balaban J connectivity index is 1.44. The molecule has 3 nitrogen and oxygen atoms in total. The summed E-state index contributed by atoms with van der Waals surface area (Å²) in [6.45, 7) is 2.12. The van der Waals surface area contributed by atoms with E-state index in [1.165, 1.54) is 16.7 Å². The highest BCUT2D eigenvalue weighted by molar-refractivity contribution is 5.84. The number of aromatic nitrogens is 1. The molecule has 5 aromatic carbocycles. The van der Waals surface area contributed by atoms with Crippen molar-refractivity contribution in [2.24, 2.45) is 0 Å². The van der Waals surface area contributed by atoms with Crippen molar-refractivity contribution in [1.82, 2.24) is 4.98 Å². The van der Waals surface area contributed by atoms with Crippen molar-refractivity contribution < 1.29 is 0 Å². The highest BCUT2D eigenvalue weighted by atomic mass is 14.8. The fourth-order valence-corrected chi connectivity index (χ4v) is 5.21. The number of hydrogen-bond donors (Lipinski definition) is 2. The maximum Gasteiger partial charge on any atom is 0.0715 e. The van der Waals surface area contributed by atoms with Gasteiger partial charge in [-0.2, -0.15) is 0 Å². The van der Waals surface area contributed by atoms with Gasteiger partial charge in [-0.1, -0.05) is 103 Å². The maximum absolute atomic E-state index is 5.16. The smallest absolute Gasteiger partial charge is 0.0715 e. The minimum Gasteiger partial charge on any atom is -0.388 e. The van der Waals surface area contributed by atoms with E-state index in [9.17, 15) is 0 Å². The van der Waals surface area contributed by atoms with Gasteiger partial charge in [-0.25, -0.2) is 4.98 Å². The highest BCUT2D eigenvalue weighted by Crippen LogP contribution is 2.35. The lowest BCUT2D eigenvalue weighted by Gasteiger charge is -2.14. The normalized spacial score (nSPS) is 10.8. The van der Waals surface area contributed by atoms with Crippen LogP contribution in [0.4, 0.5) is 11.4 Å². The molecule has 0 saturated heterocycles. The Morgan fingerprint density at radius 2 is 1.02 bits per heavy atom. The van der Waals surface area contributed by atoms with Crippen LogP contribution < -0.4 is 10.6 Å². The second-order valence-electron chi connectivity index (χ2n) is 10.3. The summed E-state index contributed by atoms with van der Waals surface area (Å²) in [6.07, 6.45) is 0. The minimum absolute atomic E-state index is 0.946. The fraction of sp³-hybridized carbons (Fsp3) is 0.0789. The first kappa shape index (κ1) is 26.1. The summed E-state index contributed by atoms with van der Waals surface area (Å²) in [7, 11) is 3.91. The second kappa shape index (κ2) is 11.5. The van der Waals surface area contributed by atoms with Gasteiger partial charge in [0.2, 0.25) is 0 Å². The lowest BCUT2D eigenvalue weighted by molar-refractivity contribution is 1.32. The first-order valence-corrected chi connectivity index (χ1v) is 14.0. The molecular formula is C38H33N3. The Morgan fingerprint density at radius 3 is 1.68 bits per heavy atom. The topological polar surface area (TPSA) is 37.0 Å². The van der Waals surface area contributed by atoms with Crippen molar-refractivity contribution >= 4 is 11.4 Å². The first-order valence-electron chi connectivity index (χ1n) is 14.0. The number of nitrogens with one attached hydrogen (secondary N) is 2. The standard InChI is InChI=1S/C38H33N3/c1-26-12-14-27(15-13-26)28-16-18-29(19-17-28)33-23-37(30-8-5-4-6-9-30)41-38(24-33)32-11-7-10-31(22-32)35-25-34(39-2)20-21-36(35)40-3/h4-25,39-40H,1-3H3. The number of rotatable bonds is 7. The van der Waals surface area contributed by atoms with Crippen molar-refractivity contribution in [3.8, 4) is 55.9 Å². The molecule has 200 valence electrons. The van der Waals surface area contributed by atoms with Crippen molar-refractivity contribution in [2.75, 3.05) is 24.7 Å². The Hall–Kier alpha value is -5.15. The van der Waals surface area contributed by atoms with Gasteiger partial charge in [0, 0.05) is 42.2 Å². The van der Waals surface area contributed by atoms with Gasteiger partial charge >= 0.3 is 0 Å². The monoisotopic (exact) mass is 531 g/mol. The fourth-order valence-electron chi connectivity index (χ4n) is 5.21. The van der Waals surface area contributed by atoms with E-state index in [0.29, 0.717) is 0 Å². The van der Waals surface area contributed by atoms with E-state index in [2.05, 4.69) is 145 Å². The number of nitrogens with zero attached hydrogens (tertiary/aromatic N) is 1. The molecule has 2 N–H and O–H groups in total. The number of anilines is 2. The van der Waals surface area contributed by atoms with Crippen molar-refractivity contribution in [1.29, 1.82) is 0 Å².